The van der Waals surface area contributed by atoms with Crippen LogP contribution in [0.3, 0.4) is 0 Å². The maximum atomic E-state index is 12.3. The SMILES string of the molecule is Cc1ccc(O)c(NC(=S)NC(=O)c2cccc(OCC(C)C)c2)c1. The van der Waals surface area contributed by atoms with Crippen molar-refractivity contribution in [2.45, 2.75) is 20.8 Å². The van der Waals surface area contributed by atoms with Gasteiger partial charge in [0.2, 0.25) is 0 Å². The first-order valence-corrected chi connectivity index (χ1v) is 8.41. The van der Waals surface area contributed by atoms with E-state index >= 15 is 0 Å². The molecule has 0 bridgehead atoms. The van der Waals surface area contributed by atoms with Crippen molar-refractivity contribution in [2.24, 2.45) is 5.92 Å². The fraction of sp³-hybridized carbons (Fsp3) is 0.263. The number of phenols is 1. The Morgan fingerprint density at radius 3 is 2.72 bits per heavy atom. The third-order valence-corrected chi connectivity index (χ3v) is 3.51. The van der Waals surface area contributed by atoms with E-state index < -0.39 is 0 Å². The molecule has 0 saturated carbocycles. The summed E-state index contributed by atoms with van der Waals surface area (Å²) in [5.41, 5.74) is 1.85. The van der Waals surface area contributed by atoms with Crippen molar-refractivity contribution >= 4 is 28.9 Å². The maximum absolute atomic E-state index is 12.3. The average Bonchev–Trinajstić information content (AvgIpc) is 2.56. The first-order chi connectivity index (χ1) is 11.8. The van der Waals surface area contributed by atoms with Crippen LogP contribution < -0.4 is 15.4 Å². The van der Waals surface area contributed by atoms with Crippen molar-refractivity contribution in [1.82, 2.24) is 5.32 Å². The summed E-state index contributed by atoms with van der Waals surface area (Å²) in [6.45, 7) is 6.59. The second-order valence-electron chi connectivity index (χ2n) is 6.16. The van der Waals surface area contributed by atoms with Crippen molar-refractivity contribution in [1.29, 1.82) is 0 Å². The minimum absolute atomic E-state index is 0.0614. The van der Waals surface area contributed by atoms with Crippen LogP contribution in [0.5, 0.6) is 11.5 Å². The highest BCUT2D eigenvalue weighted by molar-refractivity contribution is 7.80. The van der Waals surface area contributed by atoms with Crippen molar-refractivity contribution in [3.8, 4) is 11.5 Å². The van der Waals surface area contributed by atoms with Crippen LogP contribution in [-0.4, -0.2) is 22.7 Å². The number of nitrogens with one attached hydrogen (secondary N) is 2. The van der Waals surface area contributed by atoms with E-state index in [-0.39, 0.29) is 16.8 Å². The molecule has 0 atom stereocenters. The van der Waals surface area contributed by atoms with E-state index in [0.29, 0.717) is 29.5 Å². The first kappa shape index (κ1) is 18.7. The smallest absolute Gasteiger partial charge is 0.257 e. The number of aryl methyl sites for hydroxylation is 1. The van der Waals surface area contributed by atoms with Gasteiger partial charge < -0.3 is 15.2 Å². The third kappa shape index (κ3) is 5.76. The monoisotopic (exact) mass is 358 g/mol. The van der Waals surface area contributed by atoms with Crippen molar-refractivity contribution in [2.75, 3.05) is 11.9 Å². The Morgan fingerprint density at radius 1 is 1.24 bits per heavy atom. The Hall–Kier alpha value is -2.60. The summed E-state index contributed by atoms with van der Waals surface area (Å²) in [6.07, 6.45) is 0. The van der Waals surface area contributed by atoms with E-state index in [0.717, 1.165) is 5.56 Å². The molecule has 0 heterocycles. The number of aromatic hydroxyl groups is 1. The largest absolute Gasteiger partial charge is 0.506 e. The maximum Gasteiger partial charge on any atom is 0.257 e. The minimum Gasteiger partial charge on any atom is -0.506 e. The molecule has 1 amide bonds. The zero-order valence-corrected chi connectivity index (χ0v) is 15.3. The number of anilines is 1. The molecule has 132 valence electrons. The predicted octanol–water partition coefficient (Wildman–Crippen LogP) is 3.86. The molecule has 0 unspecified atom stereocenters. The van der Waals surface area contributed by atoms with E-state index in [1.165, 1.54) is 0 Å². The summed E-state index contributed by atoms with van der Waals surface area (Å²) in [4.78, 5) is 12.3. The Morgan fingerprint density at radius 2 is 2.00 bits per heavy atom. The number of amides is 1. The Balaban J connectivity index is 2.00. The van der Waals surface area contributed by atoms with Crippen molar-refractivity contribution in [3.63, 3.8) is 0 Å². The summed E-state index contributed by atoms with van der Waals surface area (Å²) >= 11 is 5.15. The molecule has 0 fully saturated rings. The predicted molar refractivity (Wildman–Crippen MR) is 103 cm³/mol. The summed E-state index contributed by atoms with van der Waals surface area (Å²) < 4.78 is 5.63. The van der Waals surface area contributed by atoms with Gasteiger partial charge in [0.25, 0.3) is 5.91 Å². The second kappa shape index (κ2) is 8.48. The van der Waals surface area contributed by atoms with Crippen molar-refractivity contribution in [3.05, 3.63) is 53.6 Å². The van der Waals surface area contributed by atoms with Gasteiger partial charge in [-0.15, -0.1) is 0 Å². The van der Waals surface area contributed by atoms with E-state index in [4.69, 9.17) is 17.0 Å². The summed E-state index contributed by atoms with van der Waals surface area (Å²) in [5, 5.41) is 15.4. The van der Waals surface area contributed by atoms with Crippen LogP contribution in [0.2, 0.25) is 0 Å². The molecule has 0 aliphatic rings. The third-order valence-electron chi connectivity index (χ3n) is 3.31. The number of carbonyl (C=O) groups excluding carboxylic acids is 1. The molecule has 0 aromatic heterocycles. The van der Waals surface area contributed by atoms with E-state index in [1.807, 2.05) is 6.92 Å². The lowest BCUT2D eigenvalue weighted by atomic mass is 10.2. The van der Waals surface area contributed by atoms with E-state index in [1.54, 1.807) is 42.5 Å². The number of ether oxygens (including phenoxy) is 1. The van der Waals surface area contributed by atoms with Gasteiger partial charge in [-0.25, -0.2) is 0 Å². The number of phenolic OH excluding ortho intramolecular Hbond substituents is 1. The highest BCUT2D eigenvalue weighted by Gasteiger charge is 2.11. The lowest BCUT2D eigenvalue weighted by Crippen LogP contribution is -2.34. The van der Waals surface area contributed by atoms with Crippen LogP contribution in [0.15, 0.2) is 42.5 Å². The molecule has 5 nitrogen and oxygen atoms in total. The molecular formula is C19H22N2O3S. The van der Waals surface area contributed by atoms with Crippen LogP contribution in [0.25, 0.3) is 0 Å². The number of hydrogen-bond acceptors (Lipinski definition) is 4. The number of rotatable bonds is 5. The molecule has 0 aliphatic heterocycles. The molecule has 2 aromatic rings. The van der Waals surface area contributed by atoms with Gasteiger partial charge in [-0.1, -0.05) is 26.0 Å². The van der Waals surface area contributed by atoms with Gasteiger partial charge in [0.15, 0.2) is 5.11 Å². The van der Waals surface area contributed by atoms with E-state index in [2.05, 4.69) is 24.5 Å². The molecule has 0 aliphatic carbocycles. The molecule has 2 rings (SSSR count). The van der Waals surface area contributed by atoms with Crippen LogP contribution in [0.1, 0.15) is 29.8 Å². The molecular weight excluding hydrogens is 336 g/mol. The number of carbonyl (C=O) groups is 1. The fourth-order valence-corrected chi connectivity index (χ4v) is 2.27. The molecule has 3 N–H and O–H groups in total. The van der Waals surface area contributed by atoms with Gasteiger partial charge in [-0.05, 0) is 61.0 Å². The summed E-state index contributed by atoms with van der Waals surface area (Å²) in [7, 11) is 0. The molecule has 0 spiro atoms. The van der Waals surface area contributed by atoms with Gasteiger partial charge in [0.05, 0.1) is 12.3 Å². The molecule has 0 saturated heterocycles. The second-order valence-corrected chi connectivity index (χ2v) is 6.57. The lowest BCUT2D eigenvalue weighted by Gasteiger charge is -2.12. The standard InChI is InChI=1S/C19H22N2O3S/c1-12(2)11-24-15-6-4-5-14(10-15)18(23)21-19(25)20-16-9-13(3)7-8-17(16)22/h4-10,12,22H,11H2,1-3H3,(H2,20,21,23,25). The fourth-order valence-electron chi connectivity index (χ4n) is 2.07. The first-order valence-electron chi connectivity index (χ1n) is 8.00. The molecule has 0 radical (unpaired) electrons. The quantitative estimate of drug-likeness (QED) is 0.559. The summed E-state index contributed by atoms with van der Waals surface area (Å²) in [6, 6.07) is 12.0. The summed E-state index contributed by atoms with van der Waals surface area (Å²) in [5.74, 6) is 0.749. The topological polar surface area (TPSA) is 70.6 Å². The highest BCUT2D eigenvalue weighted by Crippen LogP contribution is 2.23. The van der Waals surface area contributed by atoms with Crippen LogP contribution >= 0.6 is 12.2 Å². The van der Waals surface area contributed by atoms with Gasteiger partial charge in [0.1, 0.15) is 11.5 Å². The zero-order valence-electron chi connectivity index (χ0n) is 14.5. The van der Waals surface area contributed by atoms with Crippen LogP contribution in [0.4, 0.5) is 5.69 Å². The molecule has 6 heteroatoms. The number of thiocarbonyl (C=S) groups is 1. The van der Waals surface area contributed by atoms with Gasteiger partial charge in [-0.2, -0.15) is 0 Å². The van der Waals surface area contributed by atoms with Gasteiger partial charge in [0, 0.05) is 5.56 Å². The van der Waals surface area contributed by atoms with Gasteiger partial charge in [-0.3, -0.25) is 10.1 Å². The van der Waals surface area contributed by atoms with Crippen LogP contribution in [0, 0.1) is 12.8 Å². The van der Waals surface area contributed by atoms with E-state index in [9.17, 15) is 9.90 Å². The van der Waals surface area contributed by atoms with Crippen molar-refractivity contribution < 1.29 is 14.6 Å². The molecule has 2 aromatic carbocycles. The zero-order chi connectivity index (χ0) is 18.4. The number of benzene rings is 2. The Labute approximate surface area is 153 Å². The molecule has 25 heavy (non-hydrogen) atoms. The Bertz CT molecular complexity index is 775. The average molecular weight is 358 g/mol. The minimum atomic E-state index is -0.348. The normalized spacial score (nSPS) is 10.4. The Kier molecular flexibility index (Phi) is 6.36. The lowest BCUT2D eigenvalue weighted by molar-refractivity contribution is 0.0977. The van der Waals surface area contributed by atoms with Gasteiger partial charge >= 0.3 is 0 Å². The number of hydrogen-bond donors (Lipinski definition) is 3. The van der Waals surface area contributed by atoms with Crippen LogP contribution in [-0.2, 0) is 0 Å². The highest BCUT2D eigenvalue weighted by atomic mass is 32.1.